The number of ketones is 1. The number of esters is 1. The molecule has 0 unspecified atom stereocenters. The van der Waals surface area contributed by atoms with Gasteiger partial charge in [-0.2, -0.15) is 0 Å². The molecule has 1 aromatic heterocycles. The summed E-state index contributed by atoms with van der Waals surface area (Å²) in [5, 5.41) is 7.09. The first-order valence-electron chi connectivity index (χ1n) is 8.87. The van der Waals surface area contributed by atoms with Gasteiger partial charge in [-0.25, -0.2) is 4.79 Å². The molecule has 2 N–H and O–H groups in total. The summed E-state index contributed by atoms with van der Waals surface area (Å²) in [4.78, 5) is 25.1. The van der Waals surface area contributed by atoms with Crippen LogP contribution in [-0.2, 0) is 4.74 Å². The molecule has 0 fully saturated rings. The maximum absolute atomic E-state index is 12.5. The summed E-state index contributed by atoms with van der Waals surface area (Å²) in [6.45, 7) is 3.47. The predicted octanol–water partition coefficient (Wildman–Crippen LogP) is 5.52. The van der Waals surface area contributed by atoms with Crippen LogP contribution in [-0.4, -0.2) is 24.0 Å². The van der Waals surface area contributed by atoms with Gasteiger partial charge in [0.2, 0.25) is 0 Å². The van der Waals surface area contributed by atoms with Crippen molar-refractivity contribution < 1.29 is 14.3 Å². The quantitative estimate of drug-likeness (QED) is 0.319. The van der Waals surface area contributed by atoms with Crippen LogP contribution in [0.1, 0.15) is 32.5 Å². The number of nitrogens with one attached hydrogen (secondary N) is 2. The van der Waals surface area contributed by atoms with Gasteiger partial charge < -0.3 is 15.4 Å². The minimum absolute atomic E-state index is 0.0260. The maximum atomic E-state index is 12.5. The summed E-state index contributed by atoms with van der Waals surface area (Å²) in [6.07, 6.45) is 0. The Balaban J connectivity index is 1.91. The molecule has 1 heterocycles. The number of aryl methyl sites for hydroxylation is 1. The van der Waals surface area contributed by atoms with Crippen molar-refractivity contribution >= 4 is 51.1 Å². The molecule has 0 atom stereocenters. The fourth-order valence-electron chi connectivity index (χ4n) is 2.96. The van der Waals surface area contributed by atoms with Gasteiger partial charge in [0.25, 0.3) is 0 Å². The van der Waals surface area contributed by atoms with Gasteiger partial charge in [0.15, 0.2) is 10.9 Å². The highest BCUT2D eigenvalue weighted by Gasteiger charge is 2.24. The minimum atomic E-state index is -0.433. The first-order chi connectivity index (χ1) is 13.9. The number of benzene rings is 2. The predicted molar refractivity (Wildman–Crippen MR) is 122 cm³/mol. The van der Waals surface area contributed by atoms with Gasteiger partial charge >= 0.3 is 5.97 Å². The first-order valence-corrected chi connectivity index (χ1v) is 10.1. The van der Waals surface area contributed by atoms with Crippen LogP contribution in [0.15, 0.2) is 54.6 Å². The Kier molecular flexibility index (Phi) is 6.41. The molecular formula is C22H20N2O3S2. The van der Waals surface area contributed by atoms with E-state index in [1.54, 1.807) is 18.2 Å². The number of carbonyl (C=O) groups excluding carboxylic acids is 2. The van der Waals surface area contributed by atoms with E-state index in [9.17, 15) is 9.59 Å². The number of thiocarbonyl (C=S) groups is 1. The van der Waals surface area contributed by atoms with Crippen LogP contribution in [0, 0.1) is 6.92 Å². The number of thiophene rings is 1. The Labute approximate surface area is 178 Å². The molecule has 0 saturated carbocycles. The molecule has 0 aliphatic heterocycles. The number of hydrogen-bond donors (Lipinski definition) is 2. The fraction of sp³-hybridized carbons (Fsp3) is 0.136. The van der Waals surface area contributed by atoms with Crippen molar-refractivity contribution in [3.8, 4) is 11.1 Å². The summed E-state index contributed by atoms with van der Waals surface area (Å²) in [7, 11) is 1.36. The lowest BCUT2D eigenvalue weighted by Gasteiger charge is -2.12. The van der Waals surface area contributed by atoms with Crippen LogP contribution in [0.3, 0.4) is 0 Å². The lowest BCUT2D eigenvalue weighted by molar-refractivity contribution is 0.0603. The minimum Gasteiger partial charge on any atom is -0.465 e. The Morgan fingerprint density at radius 1 is 1.03 bits per heavy atom. The van der Waals surface area contributed by atoms with Crippen molar-refractivity contribution in [3.05, 3.63) is 70.6 Å². The third kappa shape index (κ3) is 4.70. The van der Waals surface area contributed by atoms with Crippen molar-refractivity contribution in [1.82, 2.24) is 0 Å². The van der Waals surface area contributed by atoms with Gasteiger partial charge in [-0.3, -0.25) is 4.79 Å². The van der Waals surface area contributed by atoms with Crippen LogP contribution >= 0.6 is 23.6 Å². The second kappa shape index (κ2) is 8.98. The zero-order valence-corrected chi connectivity index (χ0v) is 17.9. The lowest BCUT2D eigenvalue weighted by atomic mass is 10.0. The second-order valence-electron chi connectivity index (χ2n) is 6.31. The molecule has 5 nitrogen and oxygen atoms in total. The average Bonchev–Trinajstić information content (AvgIpc) is 3.03. The van der Waals surface area contributed by atoms with Crippen molar-refractivity contribution in [2.24, 2.45) is 0 Å². The first kappa shape index (κ1) is 20.7. The number of rotatable bonds is 5. The van der Waals surface area contributed by atoms with Gasteiger partial charge in [0.05, 0.1) is 7.11 Å². The van der Waals surface area contributed by atoms with Gasteiger partial charge in [0, 0.05) is 21.7 Å². The van der Waals surface area contributed by atoms with Gasteiger partial charge in [0.1, 0.15) is 10.6 Å². The molecule has 0 spiro atoms. The standard InChI is InChI=1S/C22H20N2O3S2/c1-13(25)16-10-7-11-17(12-16)23-22(28)24-20-19(21(26)27-3)18(14(2)29-20)15-8-5-4-6-9-15/h4-12H,1-3H3,(H2,23,24,28). The molecule has 29 heavy (non-hydrogen) atoms. The molecule has 7 heteroatoms. The average molecular weight is 425 g/mol. The van der Waals surface area contributed by atoms with E-state index < -0.39 is 5.97 Å². The lowest BCUT2D eigenvalue weighted by Crippen LogP contribution is -2.20. The van der Waals surface area contributed by atoms with Crippen molar-refractivity contribution in [3.63, 3.8) is 0 Å². The Morgan fingerprint density at radius 2 is 1.76 bits per heavy atom. The highest BCUT2D eigenvalue weighted by atomic mass is 32.1. The number of anilines is 2. The molecular weight excluding hydrogens is 404 g/mol. The van der Waals surface area contributed by atoms with Gasteiger partial charge in [-0.1, -0.05) is 42.5 Å². The molecule has 148 valence electrons. The topological polar surface area (TPSA) is 67.4 Å². The SMILES string of the molecule is COC(=O)c1c(NC(=S)Nc2cccc(C(C)=O)c2)sc(C)c1-c1ccccc1. The summed E-state index contributed by atoms with van der Waals surface area (Å²) in [5.74, 6) is -0.459. The number of hydrogen-bond acceptors (Lipinski definition) is 5. The van der Waals surface area contributed by atoms with Crippen molar-refractivity contribution in [2.75, 3.05) is 17.7 Å². The van der Waals surface area contributed by atoms with Crippen molar-refractivity contribution in [2.45, 2.75) is 13.8 Å². The number of carbonyl (C=O) groups is 2. The Morgan fingerprint density at radius 3 is 2.41 bits per heavy atom. The normalized spacial score (nSPS) is 10.3. The second-order valence-corrected chi connectivity index (χ2v) is 7.94. The van der Waals surface area contributed by atoms with E-state index in [0.717, 1.165) is 16.0 Å². The zero-order chi connectivity index (χ0) is 21.0. The van der Waals surface area contributed by atoms with Crippen molar-refractivity contribution in [1.29, 1.82) is 0 Å². The van der Waals surface area contributed by atoms with Crippen LogP contribution in [0.4, 0.5) is 10.7 Å². The van der Waals surface area contributed by atoms with E-state index in [1.807, 2.05) is 43.3 Å². The Bertz CT molecular complexity index is 1070. The van der Waals surface area contributed by atoms with E-state index in [-0.39, 0.29) is 5.78 Å². The molecule has 3 aromatic rings. The molecule has 3 rings (SSSR count). The highest BCUT2D eigenvalue weighted by Crippen LogP contribution is 2.40. The third-order valence-corrected chi connectivity index (χ3v) is 5.52. The van der Waals surface area contributed by atoms with Gasteiger partial charge in [-0.15, -0.1) is 11.3 Å². The monoisotopic (exact) mass is 424 g/mol. The van der Waals surface area contributed by atoms with E-state index in [4.69, 9.17) is 17.0 Å². The van der Waals surface area contributed by atoms with E-state index in [0.29, 0.717) is 26.9 Å². The highest BCUT2D eigenvalue weighted by molar-refractivity contribution is 7.80. The molecule has 2 aromatic carbocycles. The summed E-state index contributed by atoms with van der Waals surface area (Å²) in [5.41, 5.74) is 3.48. The largest absolute Gasteiger partial charge is 0.465 e. The molecule has 0 saturated heterocycles. The van der Waals surface area contributed by atoms with Gasteiger partial charge in [-0.05, 0) is 43.8 Å². The Hall–Kier alpha value is -3.03. The smallest absolute Gasteiger partial charge is 0.341 e. The third-order valence-electron chi connectivity index (χ3n) is 4.29. The molecule has 0 bridgehead atoms. The summed E-state index contributed by atoms with van der Waals surface area (Å²) < 4.78 is 5.02. The molecule has 0 amide bonds. The maximum Gasteiger partial charge on any atom is 0.341 e. The number of Topliss-reactive ketones (excluding diaryl/α,β-unsaturated/α-hetero) is 1. The number of ether oxygens (including phenoxy) is 1. The summed E-state index contributed by atoms with van der Waals surface area (Å²) in [6, 6.07) is 16.8. The van der Waals surface area contributed by atoms with E-state index in [2.05, 4.69) is 10.6 Å². The molecule has 0 aliphatic carbocycles. The van der Waals surface area contributed by atoms with Crippen LogP contribution in [0.5, 0.6) is 0 Å². The van der Waals surface area contributed by atoms with Crippen LogP contribution < -0.4 is 10.6 Å². The van der Waals surface area contributed by atoms with E-state index >= 15 is 0 Å². The van der Waals surface area contributed by atoms with Crippen LogP contribution in [0.2, 0.25) is 0 Å². The molecule has 0 aliphatic rings. The van der Waals surface area contributed by atoms with E-state index in [1.165, 1.54) is 25.4 Å². The molecule has 0 radical (unpaired) electrons. The zero-order valence-electron chi connectivity index (χ0n) is 16.2. The number of methoxy groups -OCH3 is 1. The van der Waals surface area contributed by atoms with Crippen LogP contribution in [0.25, 0.3) is 11.1 Å². The summed E-state index contributed by atoms with van der Waals surface area (Å²) >= 11 is 6.86. The fourth-order valence-corrected chi connectivity index (χ4v) is 4.32.